The van der Waals surface area contributed by atoms with Crippen LogP contribution in [0.1, 0.15) is 55.2 Å². The quantitative estimate of drug-likeness (QED) is 0.329. The van der Waals surface area contributed by atoms with E-state index in [1.807, 2.05) is 57.5 Å². The molecule has 3 aromatic rings. The van der Waals surface area contributed by atoms with Gasteiger partial charge in [-0.1, -0.05) is 45.0 Å². The predicted molar refractivity (Wildman–Crippen MR) is 149 cm³/mol. The second-order valence-corrected chi connectivity index (χ2v) is 11.7. The highest BCUT2D eigenvalue weighted by Gasteiger charge is 2.42. The topological polar surface area (TPSA) is 132 Å². The standard InChI is InChI=1S/C29H34N4O5S/c1-17-24(39-16-31-17)19-9-7-18(8-10-19)15-30-27(37)21-6-5-13-33(21)28(38)25(29(2,3)4)32-26(36)20-11-12-22(34)23(35)14-20/h7-12,14,16,21,25,34-35H,5-6,13,15H2,1-4H3,(H,30,37)(H,32,36)/t21-,25+/m0/s1. The molecule has 1 aliphatic rings. The van der Waals surface area contributed by atoms with Gasteiger partial charge in [-0.15, -0.1) is 11.3 Å². The number of nitrogens with one attached hydrogen (secondary N) is 2. The molecule has 1 aromatic heterocycles. The van der Waals surface area contributed by atoms with Crippen LogP contribution in [0.4, 0.5) is 0 Å². The lowest BCUT2D eigenvalue weighted by molar-refractivity contribution is -0.141. The Morgan fingerprint density at radius 1 is 1.10 bits per heavy atom. The van der Waals surface area contributed by atoms with Crippen molar-refractivity contribution in [2.24, 2.45) is 5.41 Å². The van der Waals surface area contributed by atoms with Crippen molar-refractivity contribution in [1.82, 2.24) is 20.5 Å². The van der Waals surface area contributed by atoms with Crippen molar-refractivity contribution >= 4 is 29.1 Å². The van der Waals surface area contributed by atoms with Gasteiger partial charge in [0.2, 0.25) is 11.8 Å². The van der Waals surface area contributed by atoms with Crippen LogP contribution in [0.25, 0.3) is 10.4 Å². The molecule has 2 heterocycles. The Bertz CT molecular complexity index is 1360. The molecule has 1 fully saturated rings. The highest BCUT2D eigenvalue weighted by Crippen LogP contribution is 2.29. The molecule has 0 bridgehead atoms. The van der Waals surface area contributed by atoms with E-state index in [-0.39, 0.29) is 23.1 Å². The monoisotopic (exact) mass is 550 g/mol. The van der Waals surface area contributed by atoms with E-state index >= 15 is 0 Å². The van der Waals surface area contributed by atoms with Gasteiger partial charge in [-0.3, -0.25) is 14.4 Å². The molecule has 2 aromatic carbocycles. The third kappa shape index (κ3) is 6.39. The molecule has 1 saturated heterocycles. The highest BCUT2D eigenvalue weighted by atomic mass is 32.1. The summed E-state index contributed by atoms with van der Waals surface area (Å²) in [6.07, 6.45) is 1.22. The highest BCUT2D eigenvalue weighted by molar-refractivity contribution is 7.13. The maximum absolute atomic E-state index is 13.7. The fourth-order valence-corrected chi connectivity index (χ4v) is 5.47. The number of nitrogens with zero attached hydrogens (tertiary/aromatic N) is 2. The van der Waals surface area contributed by atoms with Crippen LogP contribution in [-0.4, -0.2) is 56.4 Å². The van der Waals surface area contributed by atoms with Gasteiger partial charge in [0.05, 0.1) is 16.1 Å². The molecule has 9 nitrogen and oxygen atoms in total. The third-order valence-electron chi connectivity index (χ3n) is 6.89. The van der Waals surface area contributed by atoms with Gasteiger partial charge in [-0.2, -0.15) is 0 Å². The van der Waals surface area contributed by atoms with Crippen molar-refractivity contribution < 1.29 is 24.6 Å². The first kappa shape index (κ1) is 28.1. The van der Waals surface area contributed by atoms with Crippen LogP contribution in [0.5, 0.6) is 11.5 Å². The summed E-state index contributed by atoms with van der Waals surface area (Å²) in [6.45, 7) is 8.25. The average Bonchev–Trinajstić information content (AvgIpc) is 3.56. The van der Waals surface area contributed by atoms with E-state index < -0.39 is 29.2 Å². The summed E-state index contributed by atoms with van der Waals surface area (Å²) in [6, 6.07) is 10.2. The fraction of sp³-hybridized carbons (Fsp3) is 0.379. The molecule has 0 radical (unpaired) electrons. The lowest BCUT2D eigenvalue weighted by atomic mass is 9.85. The number of rotatable bonds is 7. The number of carbonyl (C=O) groups excluding carboxylic acids is 3. The molecular weight excluding hydrogens is 516 g/mol. The molecule has 4 N–H and O–H groups in total. The van der Waals surface area contributed by atoms with Gasteiger partial charge < -0.3 is 25.7 Å². The number of hydrogen-bond donors (Lipinski definition) is 4. The molecule has 39 heavy (non-hydrogen) atoms. The van der Waals surface area contributed by atoms with Crippen molar-refractivity contribution in [3.8, 4) is 21.9 Å². The van der Waals surface area contributed by atoms with Crippen LogP contribution < -0.4 is 10.6 Å². The van der Waals surface area contributed by atoms with Gasteiger partial charge in [-0.05, 0) is 54.5 Å². The summed E-state index contributed by atoms with van der Waals surface area (Å²) in [5.74, 6) is -1.89. The number of thiazole rings is 1. The molecule has 3 amide bonds. The summed E-state index contributed by atoms with van der Waals surface area (Å²) < 4.78 is 0. The van der Waals surface area contributed by atoms with Gasteiger partial charge in [0.15, 0.2) is 11.5 Å². The molecule has 206 valence electrons. The molecule has 4 rings (SSSR count). The first-order chi connectivity index (χ1) is 18.5. The second kappa shape index (κ2) is 11.4. The normalized spacial score (nSPS) is 16.1. The van der Waals surface area contributed by atoms with Crippen LogP contribution in [-0.2, 0) is 16.1 Å². The summed E-state index contributed by atoms with van der Waals surface area (Å²) in [5.41, 5.74) is 4.30. The zero-order valence-electron chi connectivity index (χ0n) is 22.5. The van der Waals surface area contributed by atoms with Crippen molar-refractivity contribution in [2.45, 2.75) is 59.2 Å². The SMILES string of the molecule is Cc1ncsc1-c1ccc(CNC(=O)[C@@H]2CCCN2C(=O)[C@@H](NC(=O)c2ccc(O)c(O)c2)C(C)(C)C)cc1. The Labute approximate surface area is 231 Å². The van der Waals surface area contributed by atoms with Crippen LogP contribution in [0, 0.1) is 12.3 Å². The van der Waals surface area contributed by atoms with E-state index in [0.717, 1.165) is 27.8 Å². The van der Waals surface area contributed by atoms with E-state index in [0.29, 0.717) is 25.9 Å². The summed E-state index contributed by atoms with van der Waals surface area (Å²) >= 11 is 1.59. The lowest BCUT2D eigenvalue weighted by Gasteiger charge is -2.35. The number of phenols is 2. The van der Waals surface area contributed by atoms with E-state index in [4.69, 9.17) is 0 Å². The maximum Gasteiger partial charge on any atom is 0.252 e. The largest absolute Gasteiger partial charge is 0.504 e. The van der Waals surface area contributed by atoms with Crippen molar-refractivity contribution in [3.05, 3.63) is 64.8 Å². The van der Waals surface area contributed by atoms with Gasteiger partial charge in [0.1, 0.15) is 12.1 Å². The number of carbonyl (C=O) groups is 3. The number of benzene rings is 2. The first-order valence-corrected chi connectivity index (χ1v) is 13.7. The minimum Gasteiger partial charge on any atom is -0.504 e. The minimum absolute atomic E-state index is 0.111. The van der Waals surface area contributed by atoms with Gasteiger partial charge in [-0.25, -0.2) is 4.98 Å². The van der Waals surface area contributed by atoms with Gasteiger partial charge in [0.25, 0.3) is 5.91 Å². The zero-order valence-corrected chi connectivity index (χ0v) is 23.3. The zero-order chi connectivity index (χ0) is 28.3. The Morgan fingerprint density at radius 3 is 2.44 bits per heavy atom. The summed E-state index contributed by atoms with van der Waals surface area (Å²) in [5, 5.41) is 25.1. The Balaban J connectivity index is 1.41. The summed E-state index contributed by atoms with van der Waals surface area (Å²) in [4.78, 5) is 46.7. The Morgan fingerprint density at radius 2 is 1.82 bits per heavy atom. The minimum atomic E-state index is -0.905. The number of phenolic OH excluding ortho intramolecular Hbond substituents is 2. The fourth-order valence-electron chi connectivity index (χ4n) is 4.66. The van der Waals surface area contributed by atoms with Crippen molar-refractivity contribution in [2.75, 3.05) is 6.54 Å². The van der Waals surface area contributed by atoms with Gasteiger partial charge >= 0.3 is 0 Å². The number of aryl methyl sites for hydroxylation is 1. The number of hydrogen-bond acceptors (Lipinski definition) is 7. The smallest absolute Gasteiger partial charge is 0.252 e. The van der Waals surface area contributed by atoms with Crippen LogP contribution in [0.2, 0.25) is 0 Å². The van der Waals surface area contributed by atoms with E-state index in [1.165, 1.54) is 12.1 Å². The summed E-state index contributed by atoms with van der Waals surface area (Å²) in [7, 11) is 0. The molecule has 1 aliphatic heterocycles. The molecule has 0 aliphatic carbocycles. The molecule has 0 unspecified atom stereocenters. The van der Waals surface area contributed by atoms with E-state index in [1.54, 1.807) is 16.2 Å². The number of amides is 3. The van der Waals surface area contributed by atoms with Crippen molar-refractivity contribution in [3.63, 3.8) is 0 Å². The third-order valence-corrected chi connectivity index (χ3v) is 7.87. The van der Waals surface area contributed by atoms with Gasteiger partial charge in [0, 0.05) is 18.7 Å². The second-order valence-electron chi connectivity index (χ2n) is 10.8. The predicted octanol–water partition coefficient (Wildman–Crippen LogP) is 3.98. The number of aromatic nitrogens is 1. The number of likely N-dealkylation sites (tertiary alicyclic amines) is 1. The van der Waals surface area contributed by atoms with Crippen LogP contribution in [0.3, 0.4) is 0 Å². The number of aromatic hydroxyl groups is 2. The molecule has 10 heteroatoms. The molecule has 0 saturated carbocycles. The molecular formula is C29H34N4O5S. The van der Waals surface area contributed by atoms with E-state index in [9.17, 15) is 24.6 Å². The Kier molecular flexibility index (Phi) is 8.25. The van der Waals surface area contributed by atoms with E-state index in [2.05, 4.69) is 15.6 Å². The lowest BCUT2D eigenvalue weighted by Crippen LogP contribution is -2.57. The van der Waals surface area contributed by atoms with Crippen LogP contribution >= 0.6 is 11.3 Å². The Hall–Kier alpha value is -3.92. The average molecular weight is 551 g/mol. The first-order valence-electron chi connectivity index (χ1n) is 12.9. The molecule has 0 spiro atoms. The van der Waals surface area contributed by atoms with Crippen molar-refractivity contribution in [1.29, 1.82) is 0 Å². The molecule has 2 atom stereocenters. The maximum atomic E-state index is 13.7. The van der Waals surface area contributed by atoms with Crippen LogP contribution in [0.15, 0.2) is 48.0 Å².